The molecule has 0 saturated carbocycles. The van der Waals surface area contributed by atoms with Crippen molar-refractivity contribution in [2.24, 2.45) is 0 Å². The number of phenols is 2. The third-order valence-corrected chi connectivity index (χ3v) is 2.67. The molecular weight excluding hydrogens is 244 g/mol. The zero-order chi connectivity index (χ0) is 13.8. The highest BCUT2D eigenvalue weighted by molar-refractivity contribution is 6.00. The third kappa shape index (κ3) is 2.68. The van der Waals surface area contributed by atoms with Gasteiger partial charge in [-0.05, 0) is 18.6 Å². The summed E-state index contributed by atoms with van der Waals surface area (Å²) >= 11 is 0. The van der Waals surface area contributed by atoms with E-state index in [0.29, 0.717) is 5.56 Å². The van der Waals surface area contributed by atoms with Gasteiger partial charge in [0.2, 0.25) is 0 Å². The van der Waals surface area contributed by atoms with Crippen molar-refractivity contribution >= 4 is 5.97 Å². The van der Waals surface area contributed by atoms with Crippen LogP contribution in [0.3, 0.4) is 0 Å². The number of esters is 1. The molecule has 4 heteroatoms. The van der Waals surface area contributed by atoms with Crippen LogP contribution < -0.4 is 0 Å². The number of hydrogen-bond acceptors (Lipinski definition) is 4. The molecule has 0 aliphatic rings. The summed E-state index contributed by atoms with van der Waals surface area (Å²) in [4.78, 5) is 11.9. The van der Waals surface area contributed by atoms with E-state index in [0.717, 1.165) is 11.6 Å². The fourth-order valence-electron chi connectivity index (χ4n) is 1.88. The molecular formula is C15H14O4. The Kier molecular flexibility index (Phi) is 3.71. The monoisotopic (exact) mass is 258 g/mol. The van der Waals surface area contributed by atoms with Gasteiger partial charge in [-0.25, -0.2) is 4.79 Å². The lowest BCUT2D eigenvalue weighted by atomic mass is 9.98. The van der Waals surface area contributed by atoms with Gasteiger partial charge in [-0.1, -0.05) is 30.3 Å². The summed E-state index contributed by atoms with van der Waals surface area (Å²) in [5.41, 5.74) is 1.22. The molecule has 0 radical (unpaired) electrons. The molecule has 0 saturated heterocycles. The van der Waals surface area contributed by atoms with E-state index < -0.39 is 5.97 Å². The molecule has 0 heterocycles. The number of hydrogen-bond donors (Lipinski definition) is 2. The highest BCUT2D eigenvalue weighted by Gasteiger charge is 2.19. The van der Waals surface area contributed by atoms with Crippen LogP contribution in [-0.2, 0) is 4.74 Å². The van der Waals surface area contributed by atoms with Crippen LogP contribution in [0.25, 0.3) is 11.1 Å². The van der Waals surface area contributed by atoms with E-state index in [1.54, 1.807) is 19.1 Å². The molecule has 0 atom stereocenters. The summed E-state index contributed by atoms with van der Waals surface area (Å²) in [6, 6.07) is 11.6. The Bertz CT molecular complexity index is 591. The molecule has 0 aromatic heterocycles. The molecule has 4 nitrogen and oxygen atoms in total. The van der Waals surface area contributed by atoms with Gasteiger partial charge in [0.1, 0.15) is 17.1 Å². The van der Waals surface area contributed by atoms with Gasteiger partial charge >= 0.3 is 5.97 Å². The Balaban J connectivity index is 2.62. The Labute approximate surface area is 110 Å². The summed E-state index contributed by atoms with van der Waals surface area (Å²) in [6.07, 6.45) is 0. The Hall–Kier alpha value is -2.49. The highest BCUT2D eigenvalue weighted by Crippen LogP contribution is 2.34. The van der Waals surface area contributed by atoms with Crippen LogP contribution in [0.15, 0.2) is 42.5 Å². The smallest absolute Gasteiger partial charge is 0.342 e. The van der Waals surface area contributed by atoms with E-state index >= 15 is 0 Å². The van der Waals surface area contributed by atoms with Crippen molar-refractivity contribution in [3.63, 3.8) is 0 Å². The molecule has 0 unspecified atom stereocenters. The minimum absolute atomic E-state index is 0.0610. The molecule has 0 aliphatic carbocycles. The molecule has 2 aromatic carbocycles. The van der Waals surface area contributed by atoms with Crippen LogP contribution in [0.1, 0.15) is 17.3 Å². The van der Waals surface area contributed by atoms with Crippen molar-refractivity contribution in [2.45, 2.75) is 6.92 Å². The number of benzene rings is 2. The Morgan fingerprint density at radius 1 is 1.16 bits per heavy atom. The maximum atomic E-state index is 11.9. The van der Waals surface area contributed by atoms with Crippen LogP contribution in [0.5, 0.6) is 11.5 Å². The first-order valence-electron chi connectivity index (χ1n) is 5.92. The average molecular weight is 258 g/mol. The summed E-state index contributed by atoms with van der Waals surface area (Å²) in [7, 11) is 0. The second-order valence-electron chi connectivity index (χ2n) is 3.97. The molecule has 0 bridgehead atoms. The van der Waals surface area contributed by atoms with Gasteiger partial charge in [0.15, 0.2) is 0 Å². The second-order valence-corrected chi connectivity index (χ2v) is 3.97. The van der Waals surface area contributed by atoms with Crippen molar-refractivity contribution in [3.8, 4) is 22.6 Å². The first kappa shape index (κ1) is 13.0. The zero-order valence-electron chi connectivity index (χ0n) is 10.5. The number of carbonyl (C=O) groups excluding carboxylic acids is 1. The van der Waals surface area contributed by atoms with Gasteiger partial charge in [-0.15, -0.1) is 0 Å². The summed E-state index contributed by atoms with van der Waals surface area (Å²) in [5.74, 6) is -1.01. The predicted octanol–water partition coefficient (Wildman–Crippen LogP) is 2.94. The summed E-state index contributed by atoms with van der Waals surface area (Å²) in [6.45, 7) is 1.91. The quantitative estimate of drug-likeness (QED) is 0.831. The van der Waals surface area contributed by atoms with E-state index in [2.05, 4.69) is 0 Å². The lowest BCUT2D eigenvalue weighted by Crippen LogP contribution is -2.07. The first-order valence-corrected chi connectivity index (χ1v) is 5.92. The number of carbonyl (C=O) groups is 1. The van der Waals surface area contributed by atoms with E-state index in [9.17, 15) is 15.0 Å². The average Bonchev–Trinajstić information content (AvgIpc) is 2.39. The Morgan fingerprint density at radius 3 is 2.47 bits per heavy atom. The molecule has 2 N–H and O–H groups in total. The van der Waals surface area contributed by atoms with Gasteiger partial charge in [0, 0.05) is 11.6 Å². The van der Waals surface area contributed by atoms with Crippen LogP contribution in [0.2, 0.25) is 0 Å². The van der Waals surface area contributed by atoms with Gasteiger partial charge in [0.05, 0.1) is 6.61 Å². The molecule has 0 spiro atoms. The van der Waals surface area contributed by atoms with Gasteiger partial charge < -0.3 is 14.9 Å². The molecule has 2 aromatic rings. The maximum absolute atomic E-state index is 11.9. The molecule has 0 fully saturated rings. The molecule has 2 rings (SSSR count). The van der Waals surface area contributed by atoms with Crippen LogP contribution in [0, 0.1) is 0 Å². The van der Waals surface area contributed by atoms with Crippen LogP contribution >= 0.6 is 0 Å². The largest absolute Gasteiger partial charge is 0.508 e. The first-order chi connectivity index (χ1) is 9.13. The normalized spacial score (nSPS) is 10.2. The fourth-order valence-corrected chi connectivity index (χ4v) is 1.88. The fraction of sp³-hybridized carbons (Fsp3) is 0.133. The van der Waals surface area contributed by atoms with Gasteiger partial charge in [-0.3, -0.25) is 0 Å². The van der Waals surface area contributed by atoms with Crippen molar-refractivity contribution in [1.82, 2.24) is 0 Å². The Morgan fingerprint density at radius 2 is 1.84 bits per heavy atom. The van der Waals surface area contributed by atoms with Gasteiger partial charge in [0.25, 0.3) is 0 Å². The lowest BCUT2D eigenvalue weighted by molar-refractivity contribution is 0.0524. The lowest BCUT2D eigenvalue weighted by Gasteiger charge is -2.11. The van der Waals surface area contributed by atoms with Crippen molar-refractivity contribution in [2.75, 3.05) is 6.61 Å². The van der Waals surface area contributed by atoms with Crippen molar-refractivity contribution < 1.29 is 19.7 Å². The predicted molar refractivity (Wildman–Crippen MR) is 71.2 cm³/mol. The van der Waals surface area contributed by atoms with E-state index in [-0.39, 0.29) is 23.7 Å². The third-order valence-electron chi connectivity index (χ3n) is 2.67. The van der Waals surface area contributed by atoms with Gasteiger partial charge in [-0.2, -0.15) is 0 Å². The molecule has 98 valence electrons. The van der Waals surface area contributed by atoms with Crippen molar-refractivity contribution in [3.05, 3.63) is 48.0 Å². The minimum atomic E-state index is -0.612. The zero-order valence-corrected chi connectivity index (χ0v) is 10.5. The number of ether oxygens (including phenoxy) is 1. The number of phenolic OH excluding ortho intramolecular Hbond substituents is 2. The molecule has 19 heavy (non-hydrogen) atoms. The summed E-state index contributed by atoms with van der Waals surface area (Å²) in [5, 5.41) is 19.4. The van der Waals surface area contributed by atoms with Crippen LogP contribution in [-0.4, -0.2) is 22.8 Å². The standard InChI is InChI=1S/C15H14O4/c1-2-19-15(18)14-12(8-11(16)9-13(14)17)10-6-4-3-5-7-10/h3-9,16-17H,2H2,1H3. The number of rotatable bonds is 3. The van der Waals surface area contributed by atoms with Crippen molar-refractivity contribution in [1.29, 1.82) is 0 Å². The molecule has 0 aliphatic heterocycles. The topological polar surface area (TPSA) is 66.8 Å². The highest BCUT2D eigenvalue weighted by atomic mass is 16.5. The van der Waals surface area contributed by atoms with E-state index in [1.807, 2.05) is 18.2 Å². The molecule has 0 amide bonds. The SMILES string of the molecule is CCOC(=O)c1c(O)cc(O)cc1-c1ccccc1. The van der Waals surface area contributed by atoms with Crippen LogP contribution in [0.4, 0.5) is 0 Å². The summed E-state index contributed by atoms with van der Waals surface area (Å²) < 4.78 is 4.93. The van der Waals surface area contributed by atoms with E-state index in [1.165, 1.54) is 6.07 Å². The second kappa shape index (κ2) is 5.44. The number of aromatic hydroxyl groups is 2. The minimum Gasteiger partial charge on any atom is -0.508 e. The maximum Gasteiger partial charge on any atom is 0.342 e. The van der Waals surface area contributed by atoms with E-state index in [4.69, 9.17) is 4.74 Å².